The van der Waals surface area contributed by atoms with Gasteiger partial charge < -0.3 is 19.3 Å². The summed E-state index contributed by atoms with van der Waals surface area (Å²) < 4.78 is 10.8. The Morgan fingerprint density at radius 3 is 2.43 bits per heavy atom. The van der Waals surface area contributed by atoms with Crippen LogP contribution in [0.15, 0.2) is 54.6 Å². The second-order valence-corrected chi connectivity index (χ2v) is 6.68. The van der Waals surface area contributed by atoms with E-state index >= 15 is 0 Å². The Morgan fingerprint density at radius 1 is 1.11 bits per heavy atom. The molecule has 1 heterocycles. The number of rotatable bonds is 8. The zero-order chi connectivity index (χ0) is 19.9. The Labute approximate surface area is 165 Å². The van der Waals surface area contributed by atoms with E-state index < -0.39 is 0 Å². The second-order valence-electron chi connectivity index (χ2n) is 6.68. The number of nitrogens with zero attached hydrogens (tertiary/aromatic N) is 2. The summed E-state index contributed by atoms with van der Waals surface area (Å²) >= 11 is 0. The molecule has 28 heavy (non-hydrogen) atoms. The number of hydrogen-bond donors (Lipinski definition) is 0. The van der Waals surface area contributed by atoms with Crippen molar-refractivity contribution in [1.29, 1.82) is 0 Å². The molecular weight excluding hydrogens is 356 g/mol. The van der Waals surface area contributed by atoms with Gasteiger partial charge in [-0.15, -0.1) is 0 Å². The number of carbonyl (C=O) groups is 2. The van der Waals surface area contributed by atoms with Crippen molar-refractivity contribution in [1.82, 2.24) is 4.90 Å². The van der Waals surface area contributed by atoms with Gasteiger partial charge in [-0.2, -0.15) is 0 Å². The highest BCUT2D eigenvalue weighted by Crippen LogP contribution is 2.24. The van der Waals surface area contributed by atoms with Gasteiger partial charge in [0.2, 0.25) is 11.8 Å². The molecule has 0 aromatic heterocycles. The van der Waals surface area contributed by atoms with Gasteiger partial charge >= 0.3 is 0 Å². The molecule has 0 N–H and O–H groups in total. The molecule has 2 aromatic carbocycles. The number of amides is 2. The fourth-order valence-electron chi connectivity index (χ4n) is 3.39. The number of likely N-dealkylation sites (tertiary alicyclic amines) is 1. The molecule has 1 unspecified atom stereocenters. The minimum Gasteiger partial charge on any atom is -0.497 e. The smallest absolute Gasteiger partial charge is 0.232 e. The number of ether oxygens (including phenoxy) is 2. The van der Waals surface area contributed by atoms with E-state index in [0.717, 1.165) is 17.2 Å². The highest BCUT2D eigenvalue weighted by molar-refractivity contribution is 5.99. The van der Waals surface area contributed by atoms with E-state index in [4.69, 9.17) is 9.47 Å². The fourth-order valence-corrected chi connectivity index (χ4v) is 3.39. The number of benzene rings is 2. The van der Waals surface area contributed by atoms with Crippen molar-refractivity contribution in [3.05, 3.63) is 54.6 Å². The Balaban J connectivity index is 1.53. The lowest BCUT2D eigenvalue weighted by Gasteiger charge is -2.24. The molecule has 0 aliphatic carbocycles. The molecule has 1 saturated heterocycles. The molecule has 3 rings (SSSR count). The quantitative estimate of drug-likeness (QED) is 0.704. The average molecular weight is 382 g/mol. The van der Waals surface area contributed by atoms with Crippen LogP contribution < -0.4 is 14.4 Å². The van der Waals surface area contributed by atoms with E-state index in [1.165, 1.54) is 0 Å². The van der Waals surface area contributed by atoms with E-state index in [1.54, 1.807) is 16.9 Å². The van der Waals surface area contributed by atoms with Gasteiger partial charge in [-0.1, -0.05) is 18.2 Å². The van der Waals surface area contributed by atoms with Crippen LogP contribution in [0.3, 0.4) is 0 Å². The van der Waals surface area contributed by atoms with Gasteiger partial charge in [0.05, 0.1) is 19.6 Å². The summed E-state index contributed by atoms with van der Waals surface area (Å²) in [5, 5.41) is 0. The SMILES string of the molecule is CCN(C(=O)C1CC(=O)N(CCOc2ccc(OC)cc2)C1)c1ccccc1. The first-order valence-electron chi connectivity index (χ1n) is 9.53. The molecular formula is C22H26N2O4. The van der Waals surface area contributed by atoms with Gasteiger partial charge in [0, 0.05) is 25.2 Å². The molecule has 2 amide bonds. The fraction of sp³-hybridized carbons (Fsp3) is 0.364. The predicted octanol–water partition coefficient (Wildman–Crippen LogP) is 2.98. The first-order chi connectivity index (χ1) is 13.6. The minimum atomic E-state index is -0.311. The summed E-state index contributed by atoms with van der Waals surface area (Å²) in [7, 11) is 1.62. The second kappa shape index (κ2) is 9.26. The maximum absolute atomic E-state index is 12.9. The molecule has 0 bridgehead atoms. The molecule has 6 nitrogen and oxygen atoms in total. The summed E-state index contributed by atoms with van der Waals surface area (Å²) in [5.74, 6) is 1.18. The number of carbonyl (C=O) groups excluding carboxylic acids is 2. The van der Waals surface area contributed by atoms with Gasteiger partial charge in [0.1, 0.15) is 18.1 Å². The summed E-state index contributed by atoms with van der Waals surface area (Å²) in [4.78, 5) is 28.7. The average Bonchev–Trinajstić information content (AvgIpc) is 3.10. The molecule has 1 fully saturated rings. The lowest BCUT2D eigenvalue weighted by atomic mass is 10.1. The summed E-state index contributed by atoms with van der Waals surface area (Å²) in [6.45, 7) is 3.81. The first-order valence-corrected chi connectivity index (χ1v) is 9.53. The standard InChI is InChI=1S/C22H26N2O4/c1-3-24(18-7-5-4-6-8-18)22(26)17-15-21(25)23(16-17)13-14-28-20-11-9-19(27-2)10-12-20/h4-12,17H,3,13-16H2,1-2H3. The van der Waals surface area contributed by atoms with Crippen molar-refractivity contribution >= 4 is 17.5 Å². The highest BCUT2D eigenvalue weighted by Gasteiger charge is 2.36. The Hall–Kier alpha value is -3.02. The van der Waals surface area contributed by atoms with Crippen molar-refractivity contribution in [2.24, 2.45) is 5.92 Å². The predicted molar refractivity (Wildman–Crippen MR) is 108 cm³/mol. The normalized spacial score (nSPS) is 16.1. The minimum absolute atomic E-state index is 0.000577. The van der Waals surface area contributed by atoms with Crippen LogP contribution in [-0.2, 0) is 9.59 Å². The lowest BCUT2D eigenvalue weighted by Crippen LogP contribution is -2.38. The Morgan fingerprint density at radius 2 is 1.79 bits per heavy atom. The molecule has 0 radical (unpaired) electrons. The van der Waals surface area contributed by atoms with Crippen molar-refractivity contribution in [2.45, 2.75) is 13.3 Å². The van der Waals surface area contributed by atoms with Crippen LogP contribution >= 0.6 is 0 Å². The first kappa shape index (κ1) is 19.7. The summed E-state index contributed by atoms with van der Waals surface area (Å²) in [5.41, 5.74) is 0.865. The highest BCUT2D eigenvalue weighted by atomic mass is 16.5. The maximum Gasteiger partial charge on any atom is 0.232 e. The van der Waals surface area contributed by atoms with E-state index in [2.05, 4.69) is 0 Å². The van der Waals surface area contributed by atoms with Crippen LogP contribution in [0.4, 0.5) is 5.69 Å². The van der Waals surface area contributed by atoms with E-state index in [9.17, 15) is 9.59 Å². The third kappa shape index (κ3) is 4.63. The van der Waals surface area contributed by atoms with E-state index in [0.29, 0.717) is 26.2 Å². The van der Waals surface area contributed by atoms with Crippen LogP contribution in [0.2, 0.25) is 0 Å². The largest absolute Gasteiger partial charge is 0.497 e. The van der Waals surface area contributed by atoms with E-state index in [-0.39, 0.29) is 24.2 Å². The van der Waals surface area contributed by atoms with Crippen molar-refractivity contribution in [3.8, 4) is 11.5 Å². The van der Waals surface area contributed by atoms with Crippen molar-refractivity contribution in [3.63, 3.8) is 0 Å². The molecule has 1 aliphatic rings. The third-order valence-corrected chi connectivity index (χ3v) is 4.90. The molecule has 2 aromatic rings. The Kier molecular flexibility index (Phi) is 6.53. The monoisotopic (exact) mass is 382 g/mol. The number of para-hydroxylation sites is 1. The third-order valence-electron chi connectivity index (χ3n) is 4.90. The zero-order valence-corrected chi connectivity index (χ0v) is 16.3. The molecule has 0 spiro atoms. The zero-order valence-electron chi connectivity index (χ0n) is 16.3. The van der Waals surface area contributed by atoms with Gasteiger partial charge in [-0.25, -0.2) is 0 Å². The molecule has 0 saturated carbocycles. The molecule has 1 atom stereocenters. The van der Waals surface area contributed by atoms with Crippen LogP contribution in [0.5, 0.6) is 11.5 Å². The van der Waals surface area contributed by atoms with Crippen molar-refractivity contribution in [2.75, 3.05) is 38.3 Å². The van der Waals surface area contributed by atoms with Crippen molar-refractivity contribution < 1.29 is 19.1 Å². The number of anilines is 1. The lowest BCUT2D eigenvalue weighted by molar-refractivity contribution is -0.128. The summed E-state index contributed by atoms with van der Waals surface area (Å²) in [6.07, 6.45) is 0.255. The summed E-state index contributed by atoms with van der Waals surface area (Å²) in [6, 6.07) is 16.9. The topological polar surface area (TPSA) is 59.1 Å². The van der Waals surface area contributed by atoms with Gasteiger partial charge in [0.15, 0.2) is 0 Å². The molecule has 148 valence electrons. The van der Waals surface area contributed by atoms with E-state index in [1.807, 2.05) is 61.5 Å². The number of hydrogen-bond acceptors (Lipinski definition) is 4. The van der Waals surface area contributed by atoms with Crippen LogP contribution in [0.1, 0.15) is 13.3 Å². The van der Waals surface area contributed by atoms with Gasteiger partial charge in [-0.05, 0) is 43.3 Å². The number of methoxy groups -OCH3 is 1. The van der Waals surface area contributed by atoms with Gasteiger partial charge in [-0.3, -0.25) is 9.59 Å². The maximum atomic E-state index is 12.9. The molecule has 6 heteroatoms. The molecule has 1 aliphatic heterocycles. The Bertz CT molecular complexity index is 792. The van der Waals surface area contributed by atoms with Crippen LogP contribution in [0, 0.1) is 5.92 Å². The van der Waals surface area contributed by atoms with Crippen LogP contribution in [-0.4, -0.2) is 50.1 Å². The van der Waals surface area contributed by atoms with Gasteiger partial charge in [0.25, 0.3) is 0 Å². The van der Waals surface area contributed by atoms with Crippen LogP contribution in [0.25, 0.3) is 0 Å².